The average Bonchev–Trinajstić information content (AvgIpc) is 2.80. The average molecular weight is 379 g/mol. The maximum Gasteiger partial charge on any atom is 0.242 e. The van der Waals surface area contributed by atoms with E-state index in [0.717, 1.165) is 0 Å². The quantitative estimate of drug-likeness (QED) is 0.801. The molecular formula is C18H16Cl2N2OS. The Morgan fingerprint density at radius 3 is 2.62 bits per heavy atom. The minimum atomic E-state index is -0.582. The highest BCUT2D eigenvalue weighted by Gasteiger charge is 2.42. The van der Waals surface area contributed by atoms with E-state index in [1.165, 1.54) is 22.9 Å². The largest absolute Gasteiger partial charge is 0.304 e. The van der Waals surface area contributed by atoms with Gasteiger partial charge in [-0.05, 0) is 49.6 Å². The lowest BCUT2D eigenvalue weighted by molar-refractivity contribution is -0.121. The normalized spacial score (nSPS) is 22.0. The molecule has 6 heteroatoms. The number of aryl methyl sites for hydroxylation is 1. The van der Waals surface area contributed by atoms with Crippen molar-refractivity contribution in [2.45, 2.75) is 25.0 Å². The third kappa shape index (κ3) is 3.61. The highest BCUT2D eigenvalue weighted by atomic mass is 35.5. The van der Waals surface area contributed by atoms with Gasteiger partial charge in [-0.3, -0.25) is 4.79 Å². The zero-order valence-electron chi connectivity index (χ0n) is 13.3. The van der Waals surface area contributed by atoms with Gasteiger partial charge in [0.25, 0.3) is 0 Å². The van der Waals surface area contributed by atoms with Crippen LogP contribution in [0.2, 0.25) is 10.0 Å². The second kappa shape index (κ2) is 6.79. The number of hydrogen-bond donors (Lipinski definition) is 1. The van der Waals surface area contributed by atoms with E-state index in [9.17, 15) is 4.79 Å². The molecule has 1 heterocycles. The van der Waals surface area contributed by atoms with Crippen LogP contribution in [0.15, 0.2) is 47.5 Å². The Labute approximate surface area is 155 Å². The fourth-order valence-corrected chi connectivity index (χ4v) is 3.91. The van der Waals surface area contributed by atoms with Crippen molar-refractivity contribution in [2.24, 2.45) is 4.99 Å². The van der Waals surface area contributed by atoms with Gasteiger partial charge in [-0.25, -0.2) is 4.99 Å². The van der Waals surface area contributed by atoms with Crippen molar-refractivity contribution in [2.75, 3.05) is 0 Å². The van der Waals surface area contributed by atoms with Crippen LogP contribution in [-0.4, -0.2) is 15.8 Å². The van der Waals surface area contributed by atoms with Crippen LogP contribution in [0.4, 0.5) is 5.69 Å². The third-order valence-corrected chi connectivity index (χ3v) is 5.85. The molecule has 1 N–H and O–H groups in total. The van der Waals surface area contributed by atoms with Crippen LogP contribution in [0.5, 0.6) is 0 Å². The molecule has 0 radical (unpaired) electrons. The number of benzene rings is 2. The molecule has 0 spiro atoms. The van der Waals surface area contributed by atoms with E-state index < -0.39 is 4.75 Å². The molecule has 0 aromatic heterocycles. The molecule has 1 aliphatic rings. The zero-order valence-corrected chi connectivity index (χ0v) is 15.6. The second-order valence-electron chi connectivity index (χ2n) is 5.91. The summed E-state index contributed by atoms with van der Waals surface area (Å²) in [6.45, 7) is 4.00. The fourth-order valence-electron chi connectivity index (χ4n) is 2.53. The Morgan fingerprint density at radius 2 is 1.92 bits per heavy atom. The number of amides is 1. The van der Waals surface area contributed by atoms with Crippen molar-refractivity contribution >= 4 is 51.7 Å². The van der Waals surface area contributed by atoms with E-state index in [1.807, 2.05) is 19.1 Å². The molecule has 1 fully saturated rings. The molecule has 1 atom stereocenters. The first-order valence-corrected chi connectivity index (χ1v) is 9.03. The van der Waals surface area contributed by atoms with Gasteiger partial charge in [0.1, 0.15) is 4.75 Å². The molecule has 1 aliphatic heterocycles. The summed E-state index contributed by atoms with van der Waals surface area (Å²) in [6, 6.07) is 13.3. The first-order valence-electron chi connectivity index (χ1n) is 7.46. The summed E-state index contributed by atoms with van der Waals surface area (Å²) in [5.41, 5.74) is 3.01. The van der Waals surface area contributed by atoms with Gasteiger partial charge < -0.3 is 5.32 Å². The SMILES string of the molecule is Cc1ccccc1CC1(C)SC(=Nc2ccc(Cl)c(Cl)c2)NC1=O. The first-order chi connectivity index (χ1) is 11.4. The van der Waals surface area contributed by atoms with E-state index in [1.54, 1.807) is 18.2 Å². The van der Waals surface area contributed by atoms with Gasteiger partial charge in [0, 0.05) is 0 Å². The van der Waals surface area contributed by atoms with Gasteiger partial charge in [0.15, 0.2) is 5.17 Å². The monoisotopic (exact) mass is 378 g/mol. The van der Waals surface area contributed by atoms with Crippen LogP contribution in [0.3, 0.4) is 0 Å². The molecule has 2 aromatic carbocycles. The standard InChI is InChI=1S/C18H16Cl2N2OS/c1-11-5-3-4-6-12(11)10-18(2)16(23)22-17(24-18)21-13-7-8-14(19)15(20)9-13/h3-9H,10H2,1-2H3,(H,21,22,23). The minimum absolute atomic E-state index is 0.0328. The molecule has 0 saturated carbocycles. The highest BCUT2D eigenvalue weighted by Crippen LogP contribution is 2.37. The van der Waals surface area contributed by atoms with Gasteiger partial charge in [-0.2, -0.15) is 0 Å². The molecule has 1 saturated heterocycles. The molecule has 3 rings (SSSR count). The summed E-state index contributed by atoms with van der Waals surface area (Å²) in [6.07, 6.45) is 0.649. The van der Waals surface area contributed by atoms with Gasteiger partial charge >= 0.3 is 0 Å². The van der Waals surface area contributed by atoms with Crippen LogP contribution in [-0.2, 0) is 11.2 Å². The summed E-state index contributed by atoms with van der Waals surface area (Å²) in [5, 5.41) is 4.36. The van der Waals surface area contributed by atoms with Gasteiger partial charge in [-0.1, -0.05) is 59.2 Å². The number of aliphatic imine (C=N–C) groups is 1. The van der Waals surface area contributed by atoms with Crippen molar-refractivity contribution in [3.63, 3.8) is 0 Å². The van der Waals surface area contributed by atoms with E-state index in [0.29, 0.717) is 27.3 Å². The van der Waals surface area contributed by atoms with E-state index >= 15 is 0 Å². The van der Waals surface area contributed by atoms with E-state index in [2.05, 4.69) is 29.4 Å². The van der Waals surface area contributed by atoms with Crippen molar-refractivity contribution < 1.29 is 4.79 Å². The number of carbonyl (C=O) groups excluding carboxylic acids is 1. The summed E-state index contributed by atoms with van der Waals surface area (Å²) in [4.78, 5) is 16.9. The third-order valence-electron chi connectivity index (χ3n) is 3.95. The molecule has 2 aromatic rings. The van der Waals surface area contributed by atoms with Crippen LogP contribution >= 0.6 is 35.0 Å². The number of hydrogen-bond acceptors (Lipinski definition) is 3. The Kier molecular flexibility index (Phi) is 4.90. The smallest absolute Gasteiger partial charge is 0.242 e. The number of nitrogens with one attached hydrogen (secondary N) is 1. The molecule has 124 valence electrons. The van der Waals surface area contributed by atoms with Crippen molar-refractivity contribution in [1.29, 1.82) is 0 Å². The van der Waals surface area contributed by atoms with E-state index in [4.69, 9.17) is 23.2 Å². The molecule has 1 amide bonds. The van der Waals surface area contributed by atoms with Crippen LogP contribution < -0.4 is 5.32 Å². The lowest BCUT2D eigenvalue weighted by atomic mass is 9.96. The second-order valence-corrected chi connectivity index (χ2v) is 8.21. The van der Waals surface area contributed by atoms with Gasteiger partial charge in [0.2, 0.25) is 5.91 Å². The maximum absolute atomic E-state index is 12.5. The summed E-state index contributed by atoms with van der Waals surface area (Å²) in [7, 11) is 0. The van der Waals surface area contributed by atoms with Crippen LogP contribution in [0.25, 0.3) is 0 Å². The Hall–Kier alpha value is -1.49. The molecule has 24 heavy (non-hydrogen) atoms. The summed E-state index contributed by atoms with van der Waals surface area (Å²) >= 11 is 13.4. The zero-order chi connectivity index (χ0) is 17.3. The fraction of sp³-hybridized carbons (Fsp3) is 0.222. The topological polar surface area (TPSA) is 41.5 Å². The lowest BCUT2D eigenvalue weighted by Gasteiger charge is -2.19. The maximum atomic E-state index is 12.5. The van der Waals surface area contributed by atoms with E-state index in [-0.39, 0.29) is 5.91 Å². The number of rotatable bonds is 3. The van der Waals surface area contributed by atoms with Crippen LogP contribution in [0, 0.1) is 6.92 Å². The number of halogens is 2. The number of carbonyl (C=O) groups is 1. The van der Waals surface area contributed by atoms with Gasteiger partial charge in [-0.15, -0.1) is 0 Å². The summed E-state index contributed by atoms with van der Waals surface area (Å²) < 4.78 is -0.582. The van der Waals surface area contributed by atoms with Crippen LogP contribution in [0.1, 0.15) is 18.1 Å². The number of amidine groups is 1. The summed E-state index contributed by atoms with van der Waals surface area (Å²) in [5.74, 6) is -0.0328. The predicted molar refractivity (Wildman–Crippen MR) is 103 cm³/mol. The van der Waals surface area contributed by atoms with Crippen molar-refractivity contribution in [3.05, 3.63) is 63.6 Å². The Bertz CT molecular complexity index is 838. The Balaban J connectivity index is 1.83. The Morgan fingerprint density at radius 1 is 1.17 bits per heavy atom. The number of thioether (sulfide) groups is 1. The molecule has 1 unspecified atom stereocenters. The lowest BCUT2D eigenvalue weighted by Crippen LogP contribution is -2.35. The van der Waals surface area contributed by atoms with Gasteiger partial charge in [0.05, 0.1) is 15.7 Å². The van der Waals surface area contributed by atoms with Crippen molar-refractivity contribution in [3.8, 4) is 0 Å². The molecular weight excluding hydrogens is 363 g/mol. The highest BCUT2D eigenvalue weighted by molar-refractivity contribution is 8.16. The van der Waals surface area contributed by atoms with Crippen molar-refractivity contribution in [1.82, 2.24) is 5.32 Å². The predicted octanol–water partition coefficient (Wildman–Crippen LogP) is 5.15. The number of nitrogens with zero attached hydrogens (tertiary/aromatic N) is 1. The molecule has 0 aliphatic carbocycles. The first kappa shape index (κ1) is 17.3. The molecule has 3 nitrogen and oxygen atoms in total. The minimum Gasteiger partial charge on any atom is -0.304 e. The molecule has 0 bridgehead atoms.